The Hall–Kier alpha value is -9.12. The fraction of sp³-hybridized carbons (Fsp3) is 0.0303. The first-order chi connectivity index (χ1) is 34.6. The molecule has 0 fully saturated rings. The highest BCUT2D eigenvalue weighted by atomic mass is 15.1. The standard InChI is InChI=1S/C66H46N4/c1-43-41-67-35-33-53(43)59-31-32-60(54-34-36-68-42-44(54)2)66(70-63-39-51(47-19-11-5-12-20-47)25-29-57(63)58-30-26-52(40-64(58)70)48-21-13-6-14-22-48)65(59)69-61-37-49(45-15-7-3-8-16-45)23-27-55(61)56-28-24-50(38-62(56)69)46-17-9-4-10-18-46/h3-42H,1-2H3. The zero-order valence-corrected chi connectivity index (χ0v) is 38.9. The van der Waals surface area contributed by atoms with Crippen molar-refractivity contribution >= 4 is 43.6 Å². The van der Waals surface area contributed by atoms with Crippen molar-refractivity contribution in [3.8, 4) is 78.1 Å². The van der Waals surface area contributed by atoms with Crippen LogP contribution in [0, 0.1) is 13.8 Å². The van der Waals surface area contributed by atoms with Crippen LogP contribution in [0.1, 0.15) is 11.1 Å². The van der Waals surface area contributed by atoms with E-state index in [4.69, 9.17) is 0 Å². The third-order valence-corrected chi connectivity index (χ3v) is 14.2. The minimum Gasteiger partial charge on any atom is -0.307 e. The molecular formula is C66H46N4. The molecule has 0 spiro atoms. The summed E-state index contributed by atoms with van der Waals surface area (Å²) in [5.74, 6) is 0. The minimum atomic E-state index is 1.08. The molecule has 0 aliphatic carbocycles. The van der Waals surface area contributed by atoms with Gasteiger partial charge in [0.2, 0.25) is 0 Å². The second-order valence-electron chi connectivity index (χ2n) is 18.3. The van der Waals surface area contributed by atoms with Crippen LogP contribution in [-0.4, -0.2) is 19.1 Å². The van der Waals surface area contributed by atoms with Crippen molar-refractivity contribution in [2.75, 3.05) is 0 Å². The lowest BCUT2D eigenvalue weighted by molar-refractivity contribution is 1.09. The Balaban J connectivity index is 1.28. The van der Waals surface area contributed by atoms with Gasteiger partial charge in [0, 0.05) is 57.5 Å². The number of aromatic nitrogens is 4. The first-order valence-corrected chi connectivity index (χ1v) is 24.0. The zero-order valence-electron chi connectivity index (χ0n) is 38.9. The Kier molecular flexibility index (Phi) is 9.91. The topological polar surface area (TPSA) is 35.6 Å². The van der Waals surface area contributed by atoms with Gasteiger partial charge in [0.1, 0.15) is 0 Å². The van der Waals surface area contributed by atoms with Gasteiger partial charge in [-0.25, -0.2) is 0 Å². The summed E-state index contributed by atoms with van der Waals surface area (Å²) in [6.07, 6.45) is 7.84. The summed E-state index contributed by atoms with van der Waals surface area (Å²) in [6.45, 7) is 4.36. The van der Waals surface area contributed by atoms with Crippen LogP contribution in [0.4, 0.5) is 0 Å². The molecule has 13 aromatic rings. The largest absolute Gasteiger partial charge is 0.307 e. The van der Waals surface area contributed by atoms with Crippen LogP contribution < -0.4 is 0 Å². The van der Waals surface area contributed by atoms with Gasteiger partial charge in [-0.2, -0.15) is 0 Å². The zero-order chi connectivity index (χ0) is 46.7. The van der Waals surface area contributed by atoms with Gasteiger partial charge in [0.05, 0.1) is 33.4 Å². The van der Waals surface area contributed by atoms with Crippen LogP contribution in [0.3, 0.4) is 0 Å². The first kappa shape index (κ1) is 41.1. The minimum absolute atomic E-state index is 1.08. The predicted octanol–water partition coefficient (Wildman–Crippen LogP) is 17.3. The van der Waals surface area contributed by atoms with Crippen LogP contribution in [0.25, 0.3) is 122 Å². The van der Waals surface area contributed by atoms with Crippen LogP contribution in [-0.2, 0) is 0 Å². The van der Waals surface area contributed by atoms with Crippen molar-refractivity contribution in [1.29, 1.82) is 0 Å². The van der Waals surface area contributed by atoms with E-state index in [0.29, 0.717) is 0 Å². The van der Waals surface area contributed by atoms with E-state index in [1.54, 1.807) is 0 Å². The van der Waals surface area contributed by atoms with Gasteiger partial charge in [-0.1, -0.05) is 182 Å². The molecule has 0 aliphatic rings. The lowest BCUT2D eigenvalue weighted by Crippen LogP contribution is -2.09. The average Bonchev–Trinajstić information content (AvgIpc) is 3.92. The SMILES string of the molecule is Cc1cnccc1-c1ccc(-c2ccncc2C)c(-n2c3cc(-c4ccccc4)ccc3c3ccc(-c4ccccc4)cc32)c1-n1c2cc(-c3ccccc3)ccc2c2ccc(-c3ccccc3)cc21. The Labute approximate surface area is 407 Å². The number of fused-ring (bicyclic) bond motifs is 6. The third kappa shape index (κ3) is 6.84. The van der Waals surface area contributed by atoms with E-state index in [1.807, 2.05) is 24.8 Å². The molecule has 0 amide bonds. The molecule has 4 nitrogen and oxygen atoms in total. The molecule has 0 N–H and O–H groups in total. The fourth-order valence-electron chi connectivity index (χ4n) is 10.8. The highest BCUT2D eigenvalue weighted by Gasteiger charge is 2.28. The van der Waals surface area contributed by atoms with Gasteiger partial charge in [-0.05, 0) is 117 Å². The first-order valence-electron chi connectivity index (χ1n) is 24.0. The van der Waals surface area contributed by atoms with Crippen molar-refractivity contribution in [1.82, 2.24) is 19.1 Å². The van der Waals surface area contributed by atoms with Crippen molar-refractivity contribution in [3.05, 3.63) is 254 Å². The quantitative estimate of drug-likeness (QED) is 0.152. The number of hydrogen-bond acceptors (Lipinski definition) is 2. The van der Waals surface area contributed by atoms with Gasteiger partial charge in [0.25, 0.3) is 0 Å². The fourth-order valence-corrected chi connectivity index (χ4v) is 10.8. The van der Waals surface area contributed by atoms with E-state index in [2.05, 4.69) is 251 Å². The number of pyridine rings is 2. The molecule has 9 aromatic carbocycles. The Bertz CT molecular complexity index is 3650. The van der Waals surface area contributed by atoms with E-state index in [0.717, 1.165) is 89.1 Å². The lowest BCUT2D eigenvalue weighted by atomic mass is 9.92. The van der Waals surface area contributed by atoms with E-state index >= 15 is 0 Å². The second kappa shape index (κ2) is 16.9. The maximum absolute atomic E-state index is 4.64. The molecule has 0 unspecified atom stereocenters. The molecule has 70 heavy (non-hydrogen) atoms. The Morgan fingerprint density at radius 3 is 0.829 bits per heavy atom. The molecule has 0 bridgehead atoms. The van der Waals surface area contributed by atoms with Crippen molar-refractivity contribution in [2.45, 2.75) is 13.8 Å². The van der Waals surface area contributed by atoms with E-state index < -0.39 is 0 Å². The van der Waals surface area contributed by atoms with E-state index in [9.17, 15) is 0 Å². The third-order valence-electron chi connectivity index (χ3n) is 14.2. The lowest BCUT2D eigenvalue weighted by Gasteiger charge is -2.25. The molecule has 0 radical (unpaired) electrons. The molecule has 0 atom stereocenters. The number of aryl methyl sites for hydroxylation is 2. The van der Waals surface area contributed by atoms with Gasteiger partial charge in [0.15, 0.2) is 0 Å². The van der Waals surface area contributed by atoms with Crippen molar-refractivity contribution in [3.63, 3.8) is 0 Å². The van der Waals surface area contributed by atoms with E-state index in [1.165, 1.54) is 43.8 Å². The molecule has 0 aliphatic heterocycles. The molecule has 4 heterocycles. The molecule has 13 rings (SSSR count). The second-order valence-corrected chi connectivity index (χ2v) is 18.3. The van der Waals surface area contributed by atoms with E-state index in [-0.39, 0.29) is 0 Å². The smallest absolute Gasteiger partial charge is 0.0788 e. The number of rotatable bonds is 8. The molecule has 0 saturated heterocycles. The maximum Gasteiger partial charge on any atom is 0.0788 e. The number of benzene rings is 9. The number of nitrogens with zero attached hydrogens (tertiary/aromatic N) is 4. The van der Waals surface area contributed by atoms with Crippen LogP contribution >= 0.6 is 0 Å². The molecule has 330 valence electrons. The van der Waals surface area contributed by atoms with Gasteiger partial charge >= 0.3 is 0 Å². The summed E-state index contributed by atoms with van der Waals surface area (Å²) in [5.41, 5.74) is 22.6. The maximum atomic E-state index is 4.64. The normalized spacial score (nSPS) is 11.6. The summed E-state index contributed by atoms with van der Waals surface area (Å²) in [6, 6.07) is 80.1. The average molecular weight is 895 g/mol. The van der Waals surface area contributed by atoms with Gasteiger partial charge in [-0.15, -0.1) is 0 Å². The highest BCUT2D eigenvalue weighted by molar-refractivity contribution is 6.15. The number of hydrogen-bond donors (Lipinski definition) is 0. The molecular weight excluding hydrogens is 849 g/mol. The summed E-state index contributed by atoms with van der Waals surface area (Å²) in [5, 5.41) is 4.73. The Morgan fingerprint density at radius 1 is 0.271 bits per heavy atom. The summed E-state index contributed by atoms with van der Waals surface area (Å²) >= 11 is 0. The van der Waals surface area contributed by atoms with Crippen molar-refractivity contribution < 1.29 is 0 Å². The molecule has 4 aromatic heterocycles. The monoisotopic (exact) mass is 894 g/mol. The van der Waals surface area contributed by atoms with Gasteiger partial charge in [-0.3, -0.25) is 9.97 Å². The highest BCUT2D eigenvalue weighted by Crippen LogP contribution is 2.48. The summed E-state index contributed by atoms with van der Waals surface area (Å²) < 4.78 is 5.15. The summed E-state index contributed by atoms with van der Waals surface area (Å²) in [7, 11) is 0. The molecule has 4 heteroatoms. The van der Waals surface area contributed by atoms with Gasteiger partial charge < -0.3 is 9.13 Å². The molecule has 0 saturated carbocycles. The Morgan fingerprint density at radius 2 is 0.557 bits per heavy atom. The summed E-state index contributed by atoms with van der Waals surface area (Å²) in [4.78, 5) is 9.28. The van der Waals surface area contributed by atoms with Crippen LogP contribution in [0.5, 0.6) is 0 Å². The van der Waals surface area contributed by atoms with Crippen molar-refractivity contribution in [2.24, 2.45) is 0 Å². The van der Waals surface area contributed by atoms with Crippen LogP contribution in [0.15, 0.2) is 243 Å². The predicted molar refractivity (Wildman–Crippen MR) is 293 cm³/mol. The van der Waals surface area contributed by atoms with Crippen LogP contribution in [0.2, 0.25) is 0 Å².